The summed E-state index contributed by atoms with van der Waals surface area (Å²) in [4.78, 5) is 26.4. The molecule has 0 aliphatic carbocycles. The largest absolute Gasteiger partial charge is 0.497 e. The number of methoxy groups -OCH3 is 1. The van der Waals surface area contributed by atoms with E-state index in [9.17, 15) is 9.59 Å². The van der Waals surface area contributed by atoms with Gasteiger partial charge in [0.25, 0.3) is 5.91 Å². The van der Waals surface area contributed by atoms with E-state index >= 15 is 0 Å². The number of carbonyl (C=O) groups is 2. The van der Waals surface area contributed by atoms with Gasteiger partial charge in [0, 0.05) is 0 Å². The Labute approximate surface area is 151 Å². The van der Waals surface area contributed by atoms with E-state index in [1.54, 1.807) is 20.1 Å². The molecule has 1 aliphatic heterocycles. The maximum absolute atomic E-state index is 12.6. The van der Waals surface area contributed by atoms with Gasteiger partial charge in [0.1, 0.15) is 16.1 Å². The second kappa shape index (κ2) is 8.30. The first-order chi connectivity index (χ1) is 11.5. The van der Waals surface area contributed by atoms with Crippen LogP contribution >= 0.6 is 24.0 Å². The molecule has 24 heavy (non-hydrogen) atoms. The van der Waals surface area contributed by atoms with E-state index in [0.717, 1.165) is 17.7 Å². The predicted octanol–water partition coefficient (Wildman–Crippen LogP) is 3.24. The van der Waals surface area contributed by atoms with Gasteiger partial charge in [-0.1, -0.05) is 43.0 Å². The SMILES string of the molecule is CCCOC(=O)[C@@H](C)N1C(=O)/C(=C/c2ccc(OC)cc2)SC1=S. The molecule has 1 aliphatic rings. The van der Waals surface area contributed by atoms with Gasteiger partial charge in [0.05, 0.1) is 18.6 Å². The summed E-state index contributed by atoms with van der Waals surface area (Å²) in [6.07, 6.45) is 2.48. The number of esters is 1. The standard InChI is InChI=1S/C17H19NO4S2/c1-4-9-22-16(20)11(2)18-15(19)14(24-17(18)23)10-12-5-7-13(21-3)8-6-12/h5-8,10-11H,4,9H2,1-3H3/b14-10-/t11-/m1/s1. The molecule has 1 heterocycles. The maximum Gasteiger partial charge on any atom is 0.329 e. The number of hydrogen-bond acceptors (Lipinski definition) is 6. The summed E-state index contributed by atoms with van der Waals surface area (Å²) in [6.45, 7) is 3.87. The maximum atomic E-state index is 12.6. The van der Waals surface area contributed by atoms with Crippen LogP contribution in [0.2, 0.25) is 0 Å². The van der Waals surface area contributed by atoms with Crippen LogP contribution in [0.25, 0.3) is 6.08 Å². The Morgan fingerprint density at radius 1 is 1.38 bits per heavy atom. The number of hydrogen-bond donors (Lipinski definition) is 0. The highest BCUT2D eigenvalue weighted by Crippen LogP contribution is 2.34. The Hall–Kier alpha value is -1.86. The van der Waals surface area contributed by atoms with Gasteiger partial charge < -0.3 is 9.47 Å². The van der Waals surface area contributed by atoms with Crippen LogP contribution in [0.3, 0.4) is 0 Å². The number of thiocarbonyl (C=S) groups is 1. The zero-order valence-corrected chi connectivity index (χ0v) is 15.4. The van der Waals surface area contributed by atoms with Crippen molar-refractivity contribution in [2.24, 2.45) is 0 Å². The van der Waals surface area contributed by atoms with Crippen molar-refractivity contribution in [1.82, 2.24) is 4.90 Å². The molecule has 1 atom stereocenters. The van der Waals surface area contributed by atoms with Crippen molar-refractivity contribution < 1.29 is 19.1 Å². The highest BCUT2D eigenvalue weighted by molar-refractivity contribution is 8.26. The van der Waals surface area contributed by atoms with E-state index in [-0.39, 0.29) is 5.91 Å². The smallest absolute Gasteiger partial charge is 0.329 e. The fourth-order valence-electron chi connectivity index (χ4n) is 2.09. The Kier molecular flexibility index (Phi) is 6.39. The van der Waals surface area contributed by atoms with Gasteiger partial charge >= 0.3 is 5.97 Å². The van der Waals surface area contributed by atoms with Gasteiger partial charge in [-0.3, -0.25) is 9.69 Å². The van der Waals surface area contributed by atoms with Gasteiger partial charge in [0.15, 0.2) is 0 Å². The number of rotatable bonds is 6. The van der Waals surface area contributed by atoms with Crippen molar-refractivity contribution in [3.05, 3.63) is 34.7 Å². The minimum atomic E-state index is -0.731. The zero-order chi connectivity index (χ0) is 17.7. The fourth-order valence-corrected chi connectivity index (χ4v) is 3.51. The molecule has 0 bridgehead atoms. The third-order valence-electron chi connectivity index (χ3n) is 3.41. The molecule has 1 fully saturated rings. The monoisotopic (exact) mass is 365 g/mol. The number of ether oxygens (including phenoxy) is 2. The third kappa shape index (κ3) is 4.15. The first-order valence-corrected chi connectivity index (χ1v) is 8.78. The van der Waals surface area contributed by atoms with Crippen LogP contribution in [0.15, 0.2) is 29.2 Å². The number of carbonyl (C=O) groups excluding carboxylic acids is 2. The average Bonchev–Trinajstić information content (AvgIpc) is 2.86. The molecule has 128 valence electrons. The van der Waals surface area contributed by atoms with Crippen LogP contribution in [-0.4, -0.2) is 40.9 Å². The van der Waals surface area contributed by atoms with Gasteiger partial charge in [-0.05, 0) is 37.1 Å². The Morgan fingerprint density at radius 3 is 2.62 bits per heavy atom. The molecule has 0 spiro atoms. The lowest BCUT2D eigenvalue weighted by Gasteiger charge is -2.21. The van der Waals surface area contributed by atoms with Crippen LogP contribution in [0, 0.1) is 0 Å². The van der Waals surface area contributed by atoms with Crippen molar-refractivity contribution in [2.45, 2.75) is 26.3 Å². The van der Waals surface area contributed by atoms with Crippen LogP contribution in [-0.2, 0) is 14.3 Å². The average molecular weight is 365 g/mol. The van der Waals surface area contributed by atoms with Crippen LogP contribution < -0.4 is 4.74 Å². The lowest BCUT2D eigenvalue weighted by Crippen LogP contribution is -2.42. The fraction of sp³-hybridized carbons (Fsp3) is 0.353. The van der Waals surface area contributed by atoms with Gasteiger partial charge in [-0.2, -0.15) is 0 Å². The van der Waals surface area contributed by atoms with Crippen LogP contribution in [0.5, 0.6) is 5.75 Å². The quantitative estimate of drug-likeness (QED) is 0.438. The number of nitrogens with zero attached hydrogens (tertiary/aromatic N) is 1. The molecule has 2 rings (SSSR count). The summed E-state index contributed by atoms with van der Waals surface area (Å²) in [6, 6.07) is 6.61. The Bertz CT molecular complexity index is 670. The predicted molar refractivity (Wildman–Crippen MR) is 98.7 cm³/mol. The molecular weight excluding hydrogens is 346 g/mol. The minimum absolute atomic E-state index is 0.276. The molecular formula is C17H19NO4S2. The molecule has 1 amide bonds. The van der Waals surface area contributed by atoms with Gasteiger partial charge in [-0.25, -0.2) is 4.79 Å². The van der Waals surface area contributed by atoms with E-state index in [2.05, 4.69) is 0 Å². The number of amides is 1. The Balaban J connectivity index is 2.15. The van der Waals surface area contributed by atoms with Gasteiger partial charge in [-0.15, -0.1) is 0 Å². The third-order valence-corrected chi connectivity index (χ3v) is 4.74. The summed E-state index contributed by atoms with van der Waals surface area (Å²) < 4.78 is 10.6. The summed E-state index contributed by atoms with van der Waals surface area (Å²) in [5.74, 6) is 0.0209. The summed E-state index contributed by atoms with van der Waals surface area (Å²) in [7, 11) is 1.60. The second-order valence-electron chi connectivity index (χ2n) is 5.17. The lowest BCUT2D eigenvalue weighted by atomic mass is 10.2. The molecule has 1 aromatic rings. The van der Waals surface area contributed by atoms with E-state index in [1.807, 2.05) is 31.2 Å². The van der Waals surface area contributed by atoms with Crippen LogP contribution in [0.1, 0.15) is 25.8 Å². The van der Waals surface area contributed by atoms with Gasteiger partial charge in [0.2, 0.25) is 0 Å². The normalized spacial score (nSPS) is 17.3. The van der Waals surface area contributed by atoms with Crippen molar-refractivity contribution >= 4 is 46.3 Å². The molecule has 1 saturated heterocycles. The van der Waals surface area contributed by atoms with E-state index in [0.29, 0.717) is 15.8 Å². The van der Waals surface area contributed by atoms with Crippen molar-refractivity contribution in [2.75, 3.05) is 13.7 Å². The topological polar surface area (TPSA) is 55.8 Å². The molecule has 1 aromatic carbocycles. The Morgan fingerprint density at radius 2 is 2.04 bits per heavy atom. The molecule has 0 aromatic heterocycles. The lowest BCUT2D eigenvalue weighted by molar-refractivity contribution is -0.150. The minimum Gasteiger partial charge on any atom is -0.497 e. The van der Waals surface area contributed by atoms with Crippen LogP contribution in [0.4, 0.5) is 0 Å². The number of benzene rings is 1. The molecule has 7 heteroatoms. The number of thioether (sulfide) groups is 1. The molecule has 5 nitrogen and oxygen atoms in total. The molecule has 0 N–H and O–H groups in total. The summed E-state index contributed by atoms with van der Waals surface area (Å²) in [5, 5.41) is 0. The molecule has 0 saturated carbocycles. The second-order valence-corrected chi connectivity index (χ2v) is 6.84. The van der Waals surface area contributed by atoms with E-state index < -0.39 is 12.0 Å². The van der Waals surface area contributed by atoms with Crippen molar-refractivity contribution in [3.8, 4) is 5.75 Å². The highest BCUT2D eigenvalue weighted by Gasteiger charge is 2.38. The van der Waals surface area contributed by atoms with Crippen molar-refractivity contribution in [3.63, 3.8) is 0 Å². The highest BCUT2D eigenvalue weighted by atomic mass is 32.2. The summed E-state index contributed by atoms with van der Waals surface area (Å²) in [5.41, 5.74) is 0.859. The van der Waals surface area contributed by atoms with E-state index in [1.165, 1.54) is 16.7 Å². The summed E-state index contributed by atoms with van der Waals surface area (Å²) >= 11 is 6.44. The first kappa shape index (κ1) is 18.5. The van der Waals surface area contributed by atoms with E-state index in [4.69, 9.17) is 21.7 Å². The molecule has 0 unspecified atom stereocenters. The molecule has 0 radical (unpaired) electrons. The van der Waals surface area contributed by atoms with Crippen molar-refractivity contribution in [1.29, 1.82) is 0 Å². The first-order valence-electron chi connectivity index (χ1n) is 7.55. The zero-order valence-electron chi connectivity index (χ0n) is 13.8.